The number of nitrogens with zero attached hydrogens (tertiary/aromatic N) is 6. The second-order valence-corrected chi connectivity index (χ2v) is 8.61. The lowest BCUT2D eigenvalue weighted by Crippen LogP contribution is -2.45. The van der Waals surface area contributed by atoms with Gasteiger partial charge in [-0.05, 0) is 68.4 Å². The van der Waals surface area contributed by atoms with Crippen LogP contribution in [-0.2, 0) is 0 Å². The summed E-state index contributed by atoms with van der Waals surface area (Å²) in [6.07, 6.45) is 4.74. The summed E-state index contributed by atoms with van der Waals surface area (Å²) in [7, 11) is 2.20. The van der Waals surface area contributed by atoms with Gasteiger partial charge in [-0.2, -0.15) is 0 Å². The molecule has 7 heteroatoms. The van der Waals surface area contributed by atoms with Gasteiger partial charge in [0.2, 0.25) is 0 Å². The average Bonchev–Trinajstić information content (AvgIpc) is 3.47. The predicted molar refractivity (Wildman–Crippen MR) is 119 cm³/mol. The largest absolute Gasteiger partial charge is 0.349 e. The van der Waals surface area contributed by atoms with Gasteiger partial charge in [0.05, 0.1) is 5.69 Å². The molecule has 2 fully saturated rings. The summed E-state index contributed by atoms with van der Waals surface area (Å²) in [5.41, 5.74) is 5.42. The maximum absolute atomic E-state index is 13.6. The fourth-order valence-electron chi connectivity index (χ4n) is 5.02. The lowest BCUT2D eigenvalue weighted by atomic mass is 10.1. The van der Waals surface area contributed by atoms with Crippen molar-refractivity contribution < 1.29 is 4.39 Å². The van der Waals surface area contributed by atoms with Crippen molar-refractivity contribution in [1.82, 2.24) is 24.5 Å². The minimum Gasteiger partial charge on any atom is -0.349 e. The van der Waals surface area contributed by atoms with Crippen LogP contribution in [0, 0.1) is 12.7 Å². The smallest absolute Gasteiger partial charge is 0.158 e. The number of likely N-dealkylation sites (tertiary alicyclic amines) is 1. The predicted octanol–water partition coefficient (Wildman–Crippen LogP) is 3.80. The van der Waals surface area contributed by atoms with Crippen molar-refractivity contribution in [1.29, 1.82) is 0 Å². The Kier molecular flexibility index (Phi) is 4.08. The Labute approximate surface area is 180 Å². The van der Waals surface area contributed by atoms with Crippen LogP contribution >= 0.6 is 0 Å². The molecule has 2 aliphatic rings. The Bertz CT molecular complexity index is 1260. The molecule has 4 aromatic rings. The number of rotatable bonds is 3. The minimum atomic E-state index is -0.261. The molecule has 5 heterocycles. The lowest BCUT2D eigenvalue weighted by molar-refractivity contribution is 0.292. The van der Waals surface area contributed by atoms with Crippen molar-refractivity contribution >= 4 is 11.5 Å². The number of piperazine rings is 1. The molecule has 31 heavy (non-hydrogen) atoms. The number of fused-ring (bicyclic) bond motifs is 3. The van der Waals surface area contributed by atoms with Gasteiger partial charge < -0.3 is 4.90 Å². The van der Waals surface area contributed by atoms with Crippen molar-refractivity contribution in [3.05, 3.63) is 66.2 Å². The number of imidazole rings is 1. The Morgan fingerprint density at radius 1 is 0.968 bits per heavy atom. The Morgan fingerprint density at radius 3 is 2.42 bits per heavy atom. The van der Waals surface area contributed by atoms with E-state index in [1.54, 1.807) is 24.5 Å². The number of hydrogen-bond donors (Lipinski definition) is 0. The van der Waals surface area contributed by atoms with Crippen LogP contribution in [0.15, 0.2) is 54.9 Å². The lowest BCUT2D eigenvalue weighted by Gasteiger charge is -2.32. The van der Waals surface area contributed by atoms with E-state index >= 15 is 0 Å². The summed E-state index contributed by atoms with van der Waals surface area (Å²) in [6, 6.07) is 13.7. The second-order valence-electron chi connectivity index (χ2n) is 8.61. The van der Waals surface area contributed by atoms with E-state index in [1.165, 1.54) is 18.6 Å². The number of aromatic nitrogens is 4. The van der Waals surface area contributed by atoms with E-state index in [9.17, 15) is 4.39 Å². The maximum Gasteiger partial charge on any atom is 0.158 e. The van der Waals surface area contributed by atoms with Crippen molar-refractivity contribution in [3.63, 3.8) is 0 Å². The molecule has 0 radical (unpaired) electrons. The molecular weight excluding hydrogens is 391 g/mol. The molecule has 2 saturated heterocycles. The summed E-state index contributed by atoms with van der Waals surface area (Å²) in [5.74, 6) is 0.729. The van der Waals surface area contributed by atoms with E-state index in [4.69, 9.17) is 10.1 Å². The van der Waals surface area contributed by atoms with Gasteiger partial charge in [0.15, 0.2) is 5.65 Å². The molecule has 2 atom stereocenters. The molecule has 156 valence electrons. The first-order chi connectivity index (χ1) is 15.1. The highest BCUT2D eigenvalue weighted by Gasteiger charge is 2.42. The molecule has 2 bridgehead atoms. The normalized spacial score (nSPS) is 20.8. The summed E-state index contributed by atoms with van der Waals surface area (Å²) < 4.78 is 15.5. The summed E-state index contributed by atoms with van der Waals surface area (Å²) in [6.45, 7) is 4.16. The fourth-order valence-corrected chi connectivity index (χ4v) is 5.02. The first-order valence-electron chi connectivity index (χ1n) is 10.6. The van der Waals surface area contributed by atoms with Crippen LogP contribution in [0.4, 0.5) is 10.2 Å². The SMILES string of the molecule is Cc1cc(N2CC3CC2CN3C)nn2c(-c3ccncc3)c(-c3ccc(F)cc3)nc12. The maximum atomic E-state index is 13.6. The van der Waals surface area contributed by atoms with E-state index in [1.807, 2.05) is 16.6 Å². The number of anilines is 1. The highest BCUT2D eigenvalue weighted by Crippen LogP contribution is 2.36. The zero-order valence-corrected chi connectivity index (χ0v) is 17.5. The Balaban J connectivity index is 1.56. The molecule has 0 aliphatic carbocycles. The van der Waals surface area contributed by atoms with Gasteiger partial charge in [0.25, 0.3) is 0 Å². The number of halogens is 1. The summed E-state index contributed by atoms with van der Waals surface area (Å²) >= 11 is 0. The van der Waals surface area contributed by atoms with Crippen LogP contribution < -0.4 is 4.90 Å². The van der Waals surface area contributed by atoms with Gasteiger partial charge in [0, 0.05) is 48.7 Å². The van der Waals surface area contributed by atoms with E-state index in [2.05, 4.69) is 34.8 Å². The molecule has 6 rings (SSSR count). The molecule has 3 aromatic heterocycles. The van der Waals surface area contributed by atoms with Gasteiger partial charge in [-0.3, -0.25) is 9.88 Å². The highest BCUT2D eigenvalue weighted by molar-refractivity contribution is 5.82. The topological polar surface area (TPSA) is 49.6 Å². The van der Waals surface area contributed by atoms with E-state index < -0.39 is 0 Å². The van der Waals surface area contributed by atoms with Gasteiger partial charge in [0.1, 0.15) is 17.3 Å². The van der Waals surface area contributed by atoms with Gasteiger partial charge in [-0.25, -0.2) is 13.9 Å². The number of aryl methyl sites for hydroxylation is 1. The number of benzene rings is 1. The number of pyridine rings is 1. The van der Waals surface area contributed by atoms with Crippen molar-refractivity contribution in [3.8, 4) is 22.5 Å². The third-order valence-corrected chi connectivity index (χ3v) is 6.64. The molecule has 0 amide bonds. The van der Waals surface area contributed by atoms with Crippen molar-refractivity contribution in [2.75, 3.05) is 25.0 Å². The number of hydrogen-bond acceptors (Lipinski definition) is 5. The quantitative estimate of drug-likeness (QED) is 0.510. The molecular formula is C24H23FN6. The molecule has 0 spiro atoms. The summed E-state index contributed by atoms with van der Waals surface area (Å²) in [4.78, 5) is 14.0. The van der Waals surface area contributed by atoms with E-state index in [-0.39, 0.29) is 5.82 Å². The van der Waals surface area contributed by atoms with Gasteiger partial charge in [-0.15, -0.1) is 5.10 Å². The van der Waals surface area contributed by atoms with E-state index in [0.717, 1.165) is 52.6 Å². The molecule has 2 aliphatic heterocycles. The minimum absolute atomic E-state index is 0.261. The molecule has 6 nitrogen and oxygen atoms in total. The third kappa shape index (κ3) is 2.91. The van der Waals surface area contributed by atoms with Crippen LogP contribution in [0.25, 0.3) is 28.2 Å². The molecule has 0 saturated carbocycles. The monoisotopic (exact) mass is 414 g/mol. The molecule has 1 aromatic carbocycles. The molecule has 0 N–H and O–H groups in total. The third-order valence-electron chi connectivity index (χ3n) is 6.64. The fraction of sp³-hybridized carbons (Fsp3) is 0.292. The zero-order valence-electron chi connectivity index (χ0n) is 17.5. The van der Waals surface area contributed by atoms with Crippen LogP contribution in [0.1, 0.15) is 12.0 Å². The average molecular weight is 414 g/mol. The van der Waals surface area contributed by atoms with Crippen LogP contribution in [0.2, 0.25) is 0 Å². The first kappa shape index (κ1) is 18.4. The standard InChI is InChI=1S/C24H23FN6/c1-15-11-21(30-14-19-12-20(30)13-29(19)2)28-31-23(17-7-9-26-10-8-17)22(27-24(15)31)16-3-5-18(25)6-4-16/h3-11,19-20H,12-14H2,1-2H3. The van der Waals surface area contributed by atoms with Crippen LogP contribution in [-0.4, -0.2) is 56.7 Å². The van der Waals surface area contributed by atoms with Gasteiger partial charge in [-0.1, -0.05) is 0 Å². The Hall–Kier alpha value is -3.32. The zero-order chi connectivity index (χ0) is 21.1. The molecule has 2 unspecified atom stereocenters. The highest BCUT2D eigenvalue weighted by atomic mass is 19.1. The van der Waals surface area contributed by atoms with Gasteiger partial charge >= 0.3 is 0 Å². The summed E-state index contributed by atoms with van der Waals surface area (Å²) in [5, 5.41) is 5.07. The van der Waals surface area contributed by atoms with Crippen molar-refractivity contribution in [2.24, 2.45) is 0 Å². The second kappa shape index (κ2) is 6.85. The van der Waals surface area contributed by atoms with Crippen molar-refractivity contribution in [2.45, 2.75) is 25.4 Å². The number of likely N-dealkylation sites (N-methyl/N-ethyl adjacent to an activating group) is 1. The van der Waals surface area contributed by atoms with Crippen LogP contribution in [0.3, 0.4) is 0 Å². The first-order valence-corrected chi connectivity index (χ1v) is 10.6. The van der Waals surface area contributed by atoms with Crippen LogP contribution in [0.5, 0.6) is 0 Å². The Morgan fingerprint density at radius 2 is 1.74 bits per heavy atom. The van der Waals surface area contributed by atoms with E-state index in [0.29, 0.717) is 12.1 Å².